The van der Waals surface area contributed by atoms with Crippen LogP contribution in [0.4, 0.5) is 0 Å². The zero-order valence-electron chi connectivity index (χ0n) is 26.6. The first-order chi connectivity index (χ1) is 22.3. The lowest BCUT2D eigenvalue weighted by molar-refractivity contribution is -0.207. The summed E-state index contributed by atoms with van der Waals surface area (Å²) in [7, 11) is 1.13. The number of methoxy groups -OCH3 is 1. The Labute approximate surface area is 283 Å². The van der Waals surface area contributed by atoms with Gasteiger partial charge in [0.05, 0.1) is 25.6 Å². The van der Waals surface area contributed by atoms with Crippen LogP contribution in [0.3, 0.4) is 0 Å². The molecule has 2 unspecified atom stereocenters. The van der Waals surface area contributed by atoms with Gasteiger partial charge in [0.2, 0.25) is 0 Å². The van der Waals surface area contributed by atoms with Crippen LogP contribution in [0.25, 0.3) is 25.1 Å². The third-order valence-corrected chi connectivity index (χ3v) is 13.7. The van der Waals surface area contributed by atoms with Crippen molar-refractivity contribution < 1.29 is 45.7 Å². The SMILES string of the molecule is COc1ccc(-[s+]2c3ccccc3c3ccccc32)cc1C(C(=O)OCC(=O)OC1(C)C2CC3CC(C2)CC1C3)C1CCOC1=O.[Cl-]. The van der Waals surface area contributed by atoms with Crippen LogP contribution in [-0.4, -0.2) is 43.8 Å². The highest BCUT2D eigenvalue weighted by molar-refractivity contribution is 7.50. The van der Waals surface area contributed by atoms with Crippen molar-refractivity contribution in [1.29, 1.82) is 0 Å². The second-order valence-corrected chi connectivity index (χ2v) is 15.8. The average Bonchev–Trinajstić information content (AvgIpc) is 3.63. The molecule has 5 aliphatic rings. The van der Waals surface area contributed by atoms with Gasteiger partial charge in [-0.05, 0) is 99.5 Å². The fourth-order valence-corrected chi connectivity index (χ4v) is 11.7. The molecule has 2 atom stereocenters. The molecule has 47 heavy (non-hydrogen) atoms. The molecular weight excluding hydrogens is 636 g/mol. The van der Waals surface area contributed by atoms with Crippen LogP contribution in [0.2, 0.25) is 0 Å². The van der Waals surface area contributed by atoms with Gasteiger partial charge in [0.25, 0.3) is 0 Å². The van der Waals surface area contributed by atoms with Crippen LogP contribution in [0.1, 0.15) is 56.9 Å². The van der Waals surface area contributed by atoms with Crippen LogP contribution in [-0.2, 0) is 28.6 Å². The van der Waals surface area contributed by atoms with E-state index in [1.54, 1.807) is 7.11 Å². The smallest absolute Gasteiger partial charge is 0.344 e. The molecule has 4 bridgehead atoms. The van der Waals surface area contributed by atoms with Crippen molar-refractivity contribution in [2.24, 2.45) is 29.6 Å². The van der Waals surface area contributed by atoms with Gasteiger partial charge in [-0.25, -0.2) is 4.79 Å². The number of fused-ring (bicyclic) bond motifs is 3. The molecule has 7 nitrogen and oxygen atoms in total. The standard InChI is InChI=1S/C38H39O7S.ClH/c1-38(24-16-22-15-23(18-24)19-25(38)17-22)45-34(39)21-44-37(41)35(29-13-14-43-36(29)40)30-20-26(11-12-31(30)42-2)46-32-9-5-3-7-27(32)28-8-4-6-10-33(28)46;/h3-12,20,22-25,29,35H,13-19,21H2,1-2H3;1H/q+1;/p-1. The first kappa shape index (κ1) is 32.0. The fourth-order valence-electron chi connectivity index (χ4n) is 9.29. The number of thiophene rings is 1. The molecule has 0 radical (unpaired) electrons. The molecule has 1 aromatic heterocycles. The van der Waals surface area contributed by atoms with Crippen LogP contribution in [0, 0.1) is 29.6 Å². The number of hydrogen-bond donors (Lipinski definition) is 0. The fraction of sp³-hybridized carbons (Fsp3) is 0.447. The predicted octanol–water partition coefficient (Wildman–Crippen LogP) is 4.69. The number of rotatable bonds is 8. The Morgan fingerprint density at radius 1 is 0.915 bits per heavy atom. The Bertz CT molecular complexity index is 1780. The van der Waals surface area contributed by atoms with Gasteiger partial charge < -0.3 is 31.4 Å². The predicted molar refractivity (Wildman–Crippen MR) is 176 cm³/mol. The molecule has 2 heterocycles. The van der Waals surface area contributed by atoms with E-state index in [0.29, 0.717) is 29.6 Å². The summed E-state index contributed by atoms with van der Waals surface area (Å²) in [6.45, 7) is 1.81. The number of halogens is 1. The quantitative estimate of drug-likeness (QED) is 0.152. The van der Waals surface area contributed by atoms with Gasteiger partial charge in [-0.1, -0.05) is 24.3 Å². The molecule has 0 amide bonds. The molecule has 0 N–H and O–H groups in total. The summed E-state index contributed by atoms with van der Waals surface area (Å²) in [6.07, 6.45) is 6.11. The molecule has 0 spiro atoms. The molecule has 1 aliphatic heterocycles. The summed E-state index contributed by atoms with van der Waals surface area (Å²) >= 11 is 0. The number of ether oxygens (including phenoxy) is 4. The summed E-state index contributed by atoms with van der Waals surface area (Å²) in [5.74, 6) is -0.665. The van der Waals surface area contributed by atoms with Crippen LogP contribution in [0.5, 0.6) is 5.75 Å². The Morgan fingerprint density at radius 3 is 2.11 bits per heavy atom. The largest absolute Gasteiger partial charge is 1.00 e. The van der Waals surface area contributed by atoms with E-state index in [1.807, 2.05) is 42.5 Å². The van der Waals surface area contributed by atoms with Gasteiger partial charge in [-0.3, -0.25) is 9.59 Å². The second kappa shape index (κ2) is 12.4. The lowest BCUT2D eigenvalue weighted by Gasteiger charge is -2.59. The number of cyclic esters (lactones) is 1. The highest BCUT2D eigenvalue weighted by Crippen LogP contribution is 2.59. The zero-order chi connectivity index (χ0) is 31.6. The maximum absolute atomic E-state index is 14.0. The van der Waals surface area contributed by atoms with Crippen molar-refractivity contribution in [2.45, 2.75) is 57.0 Å². The van der Waals surface area contributed by atoms with Crippen LogP contribution in [0.15, 0.2) is 66.7 Å². The monoisotopic (exact) mass is 674 g/mol. The molecule has 4 saturated carbocycles. The van der Waals surface area contributed by atoms with E-state index >= 15 is 0 Å². The number of carbonyl (C=O) groups is 3. The van der Waals surface area contributed by atoms with E-state index in [4.69, 9.17) is 18.9 Å². The first-order valence-corrected chi connectivity index (χ1v) is 17.7. The van der Waals surface area contributed by atoms with Crippen molar-refractivity contribution >= 4 is 48.6 Å². The number of esters is 3. The summed E-state index contributed by atoms with van der Waals surface area (Å²) in [6, 6.07) is 22.7. The minimum atomic E-state index is -0.994. The molecule has 9 rings (SSSR count). The Kier molecular flexibility index (Phi) is 8.46. The van der Waals surface area contributed by atoms with Crippen molar-refractivity contribution in [2.75, 3.05) is 20.3 Å². The van der Waals surface area contributed by atoms with E-state index in [2.05, 4.69) is 31.2 Å². The van der Waals surface area contributed by atoms with E-state index in [1.165, 1.54) is 26.6 Å². The molecule has 9 heteroatoms. The van der Waals surface area contributed by atoms with E-state index in [-0.39, 0.29) is 19.0 Å². The second-order valence-electron chi connectivity index (χ2n) is 13.8. The average molecular weight is 675 g/mol. The van der Waals surface area contributed by atoms with Gasteiger partial charge >= 0.3 is 17.9 Å². The van der Waals surface area contributed by atoms with Crippen molar-refractivity contribution in [3.8, 4) is 10.6 Å². The van der Waals surface area contributed by atoms with E-state index in [9.17, 15) is 14.4 Å². The Morgan fingerprint density at radius 2 is 1.53 bits per heavy atom. The third kappa shape index (κ3) is 5.38. The van der Waals surface area contributed by atoms with Crippen molar-refractivity contribution in [3.63, 3.8) is 0 Å². The maximum Gasteiger partial charge on any atom is 0.344 e. The molecule has 5 fully saturated rings. The molecule has 4 aromatic rings. The molecule has 1 saturated heterocycles. The Hall–Kier alpha value is -3.62. The van der Waals surface area contributed by atoms with Gasteiger partial charge in [-0.2, -0.15) is 0 Å². The lowest BCUT2D eigenvalue weighted by Crippen LogP contribution is -3.00. The van der Waals surface area contributed by atoms with Crippen LogP contribution >= 0.6 is 10.5 Å². The maximum atomic E-state index is 14.0. The lowest BCUT2D eigenvalue weighted by atomic mass is 9.50. The zero-order valence-corrected chi connectivity index (χ0v) is 28.2. The van der Waals surface area contributed by atoms with Gasteiger partial charge in [0.1, 0.15) is 11.4 Å². The summed E-state index contributed by atoms with van der Waals surface area (Å²) in [5.41, 5.74) is 0.0438. The van der Waals surface area contributed by atoms with Gasteiger partial charge in [0, 0.05) is 38.9 Å². The minimum absolute atomic E-state index is 0. The molecule has 4 aliphatic carbocycles. The minimum Gasteiger partial charge on any atom is -1.00 e. The van der Waals surface area contributed by atoms with Gasteiger partial charge in [-0.15, -0.1) is 0 Å². The molecule has 246 valence electrons. The molecular formula is C38H39ClO7S. The highest BCUT2D eigenvalue weighted by atomic mass is 35.5. The first-order valence-electron chi connectivity index (χ1n) is 16.5. The third-order valence-electron chi connectivity index (χ3n) is 11.3. The number of hydrogen-bond acceptors (Lipinski definition) is 7. The van der Waals surface area contributed by atoms with Crippen molar-refractivity contribution in [3.05, 3.63) is 72.3 Å². The number of carbonyl (C=O) groups excluding carboxylic acids is 3. The van der Waals surface area contributed by atoms with E-state index in [0.717, 1.165) is 42.4 Å². The number of benzene rings is 3. The van der Waals surface area contributed by atoms with Crippen LogP contribution < -0.4 is 17.1 Å². The summed E-state index contributed by atoms with van der Waals surface area (Å²) in [5, 5.41) is 2.39. The normalized spacial score (nSPS) is 28.1. The molecule has 3 aromatic carbocycles. The summed E-state index contributed by atoms with van der Waals surface area (Å²) < 4.78 is 25.4. The van der Waals surface area contributed by atoms with Gasteiger partial charge in [0.15, 0.2) is 20.9 Å². The highest BCUT2D eigenvalue weighted by Gasteiger charge is 2.57. The topological polar surface area (TPSA) is 88.1 Å². The van der Waals surface area contributed by atoms with Crippen molar-refractivity contribution in [1.82, 2.24) is 0 Å². The van der Waals surface area contributed by atoms with E-state index < -0.39 is 52.4 Å². The Balaban J connectivity index is 0.00000351. The summed E-state index contributed by atoms with van der Waals surface area (Å²) in [4.78, 5) is 41.3.